The summed E-state index contributed by atoms with van der Waals surface area (Å²) in [7, 11) is 0. The molecule has 2 heterocycles. The summed E-state index contributed by atoms with van der Waals surface area (Å²) in [6.07, 6.45) is 1.44. The van der Waals surface area contributed by atoms with Crippen LogP contribution in [-0.4, -0.2) is 47.2 Å². The van der Waals surface area contributed by atoms with Gasteiger partial charge in [-0.3, -0.25) is 9.69 Å². The number of amides is 1. The third-order valence-corrected chi connectivity index (χ3v) is 5.18. The van der Waals surface area contributed by atoms with Crippen molar-refractivity contribution in [1.82, 2.24) is 4.90 Å². The Labute approximate surface area is 148 Å². The van der Waals surface area contributed by atoms with E-state index in [2.05, 4.69) is 6.58 Å². The second-order valence-electron chi connectivity index (χ2n) is 5.52. The molecular weight excluding hydrogens is 347 g/mol. The average Bonchev–Trinajstić information content (AvgIpc) is 2.63. The van der Waals surface area contributed by atoms with Gasteiger partial charge in [-0.25, -0.2) is 9.18 Å². The number of carbonyl (C=O) groups excluding carboxylic acids is 2. The lowest BCUT2D eigenvalue weighted by atomic mass is 10.0. The molecule has 132 valence electrons. The number of hydrogen-bond acceptors (Lipinski definition) is 6. The minimum Gasteiger partial charge on any atom is -0.489 e. The number of halogens is 1. The standard InChI is InChI=1S/C17H17FN2O4S/c1-2-6-23-17(22)14-10(8-24-12-5-3-4-11(18)7-12)9-25-16-13(19)15(21)20(14)16/h2-5,7,13,16H,1,6,8-9,19H2/t13?,16-/m1/s1. The Morgan fingerprint density at radius 2 is 2.32 bits per heavy atom. The van der Waals surface area contributed by atoms with Crippen molar-refractivity contribution in [2.45, 2.75) is 11.4 Å². The number of nitrogens with zero attached hydrogens (tertiary/aromatic N) is 1. The fraction of sp³-hybridized carbons (Fsp3) is 0.294. The zero-order chi connectivity index (χ0) is 18.0. The fourth-order valence-corrected chi connectivity index (χ4v) is 3.88. The molecular formula is C17H17FN2O4S. The quantitative estimate of drug-likeness (QED) is 0.467. The van der Waals surface area contributed by atoms with Gasteiger partial charge in [0.1, 0.15) is 41.9 Å². The monoisotopic (exact) mass is 364 g/mol. The zero-order valence-electron chi connectivity index (χ0n) is 13.3. The summed E-state index contributed by atoms with van der Waals surface area (Å²) in [4.78, 5) is 25.8. The lowest BCUT2D eigenvalue weighted by molar-refractivity contribution is -0.150. The molecule has 0 spiro atoms. The number of hydrogen-bond donors (Lipinski definition) is 1. The predicted molar refractivity (Wildman–Crippen MR) is 91.1 cm³/mol. The molecule has 0 radical (unpaired) electrons. The van der Waals surface area contributed by atoms with Crippen molar-refractivity contribution in [3.63, 3.8) is 0 Å². The first kappa shape index (κ1) is 17.5. The Morgan fingerprint density at radius 1 is 1.52 bits per heavy atom. The first-order valence-corrected chi connectivity index (χ1v) is 8.66. The Morgan fingerprint density at radius 3 is 3.04 bits per heavy atom. The van der Waals surface area contributed by atoms with E-state index in [4.69, 9.17) is 15.2 Å². The SMILES string of the molecule is C=CCOC(=O)C1=C(COc2cccc(F)c2)CS[C@@H]2C(N)C(=O)N12. The highest BCUT2D eigenvalue weighted by atomic mass is 32.2. The molecule has 0 aromatic heterocycles. The Balaban J connectivity index is 1.83. The van der Waals surface area contributed by atoms with Crippen molar-refractivity contribution in [2.24, 2.45) is 5.73 Å². The lowest BCUT2D eigenvalue weighted by Gasteiger charge is -2.48. The first-order valence-electron chi connectivity index (χ1n) is 7.61. The number of fused-ring (bicyclic) bond motifs is 1. The number of rotatable bonds is 6. The van der Waals surface area contributed by atoms with Gasteiger partial charge in [0.2, 0.25) is 5.91 Å². The minimum atomic E-state index is -0.627. The van der Waals surface area contributed by atoms with Gasteiger partial charge in [0, 0.05) is 17.4 Å². The highest BCUT2D eigenvalue weighted by Crippen LogP contribution is 2.39. The van der Waals surface area contributed by atoms with Gasteiger partial charge in [0.25, 0.3) is 0 Å². The maximum Gasteiger partial charge on any atom is 0.355 e. The zero-order valence-corrected chi connectivity index (χ0v) is 14.1. The van der Waals surface area contributed by atoms with Gasteiger partial charge in [0.15, 0.2) is 0 Å². The van der Waals surface area contributed by atoms with Crippen molar-refractivity contribution >= 4 is 23.6 Å². The van der Waals surface area contributed by atoms with Crippen LogP contribution in [0.2, 0.25) is 0 Å². The summed E-state index contributed by atoms with van der Waals surface area (Å²) in [5, 5.41) is -0.281. The summed E-state index contributed by atoms with van der Waals surface area (Å²) >= 11 is 1.46. The number of nitrogens with two attached hydrogens (primary N) is 1. The molecule has 0 bridgehead atoms. The highest BCUT2D eigenvalue weighted by molar-refractivity contribution is 8.00. The molecule has 2 aliphatic heterocycles. The molecule has 0 aliphatic carbocycles. The molecule has 0 saturated carbocycles. The number of carbonyl (C=O) groups is 2. The summed E-state index contributed by atoms with van der Waals surface area (Å²) < 4.78 is 23.9. The van der Waals surface area contributed by atoms with Crippen LogP contribution in [-0.2, 0) is 14.3 Å². The number of ether oxygens (including phenoxy) is 2. The molecule has 3 rings (SSSR count). The van der Waals surface area contributed by atoms with Crippen molar-refractivity contribution in [3.8, 4) is 5.75 Å². The molecule has 1 unspecified atom stereocenters. The van der Waals surface area contributed by atoms with E-state index in [1.165, 1.54) is 40.9 Å². The van der Waals surface area contributed by atoms with Crippen molar-refractivity contribution < 1.29 is 23.5 Å². The van der Waals surface area contributed by atoms with Gasteiger partial charge in [-0.15, -0.1) is 11.8 Å². The molecule has 1 aromatic carbocycles. The van der Waals surface area contributed by atoms with E-state index >= 15 is 0 Å². The van der Waals surface area contributed by atoms with Crippen molar-refractivity contribution in [1.29, 1.82) is 0 Å². The number of β-lactam (4-membered cyclic amide) rings is 1. The van der Waals surface area contributed by atoms with Crippen LogP contribution in [0.3, 0.4) is 0 Å². The molecule has 2 N–H and O–H groups in total. The van der Waals surface area contributed by atoms with Gasteiger partial charge in [-0.2, -0.15) is 0 Å². The molecule has 1 amide bonds. The van der Waals surface area contributed by atoms with Crippen LogP contribution >= 0.6 is 11.8 Å². The smallest absolute Gasteiger partial charge is 0.355 e. The summed E-state index contributed by atoms with van der Waals surface area (Å²) in [5.74, 6) is -0.561. The van der Waals surface area contributed by atoms with E-state index < -0.39 is 17.8 Å². The van der Waals surface area contributed by atoms with Crippen molar-refractivity contribution in [3.05, 3.63) is 54.0 Å². The van der Waals surface area contributed by atoms with Gasteiger partial charge in [-0.05, 0) is 12.1 Å². The third-order valence-electron chi connectivity index (χ3n) is 3.82. The van der Waals surface area contributed by atoms with E-state index in [1.54, 1.807) is 6.07 Å². The maximum atomic E-state index is 13.2. The predicted octanol–water partition coefficient (Wildman–Crippen LogP) is 1.43. The van der Waals surface area contributed by atoms with E-state index in [0.717, 1.165) is 0 Å². The molecule has 6 nitrogen and oxygen atoms in total. The van der Waals surface area contributed by atoms with Crippen LogP contribution in [0.15, 0.2) is 48.2 Å². The van der Waals surface area contributed by atoms with Crippen LogP contribution < -0.4 is 10.5 Å². The Bertz CT molecular complexity index is 752. The molecule has 1 fully saturated rings. The largest absolute Gasteiger partial charge is 0.489 e. The van der Waals surface area contributed by atoms with E-state index in [9.17, 15) is 14.0 Å². The minimum absolute atomic E-state index is 0.0340. The summed E-state index contributed by atoms with van der Waals surface area (Å²) in [6.45, 7) is 3.57. The van der Waals surface area contributed by atoms with Crippen molar-refractivity contribution in [2.75, 3.05) is 19.0 Å². The van der Waals surface area contributed by atoms with Crippen LogP contribution in [0.1, 0.15) is 0 Å². The number of thioether (sulfide) groups is 1. The fourth-order valence-electron chi connectivity index (χ4n) is 2.61. The first-order chi connectivity index (χ1) is 12.0. The number of benzene rings is 1. The average molecular weight is 364 g/mol. The van der Waals surface area contributed by atoms with E-state index in [0.29, 0.717) is 17.1 Å². The second-order valence-corrected chi connectivity index (χ2v) is 6.63. The van der Waals surface area contributed by atoms with Gasteiger partial charge in [-0.1, -0.05) is 18.7 Å². The van der Waals surface area contributed by atoms with Gasteiger partial charge in [0.05, 0.1) is 0 Å². The van der Waals surface area contributed by atoms with E-state index in [1.807, 2.05) is 0 Å². The second kappa shape index (κ2) is 7.28. The molecule has 2 atom stereocenters. The van der Waals surface area contributed by atoms with Crippen LogP contribution in [0.5, 0.6) is 5.75 Å². The Kier molecular flexibility index (Phi) is 5.10. The topological polar surface area (TPSA) is 81.9 Å². The maximum absolute atomic E-state index is 13.2. The molecule has 2 aliphatic rings. The molecule has 1 aromatic rings. The van der Waals surface area contributed by atoms with Gasteiger partial charge >= 0.3 is 5.97 Å². The lowest BCUT2D eigenvalue weighted by Crippen LogP contribution is -2.68. The number of esters is 1. The summed E-state index contributed by atoms with van der Waals surface area (Å²) in [5.41, 5.74) is 6.55. The van der Waals surface area contributed by atoms with E-state index in [-0.39, 0.29) is 30.2 Å². The summed E-state index contributed by atoms with van der Waals surface area (Å²) in [6, 6.07) is 5.08. The van der Waals surface area contributed by atoms with Crippen LogP contribution in [0.25, 0.3) is 0 Å². The molecule has 25 heavy (non-hydrogen) atoms. The molecule has 1 saturated heterocycles. The third kappa shape index (κ3) is 3.40. The van der Waals surface area contributed by atoms with Crippen LogP contribution in [0.4, 0.5) is 4.39 Å². The Hall–Kier alpha value is -2.32. The molecule has 8 heteroatoms. The normalized spacial score (nSPS) is 22.2. The van der Waals surface area contributed by atoms with Gasteiger partial charge < -0.3 is 15.2 Å². The highest BCUT2D eigenvalue weighted by Gasteiger charge is 2.52. The van der Waals surface area contributed by atoms with Crippen LogP contribution in [0, 0.1) is 5.82 Å².